The van der Waals surface area contributed by atoms with Gasteiger partial charge in [-0.3, -0.25) is 4.90 Å². The van der Waals surface area contributed by atoms with Gasteiger partial charge in [0.15, 0.2) is 0 Å². The van der Waals surface area contributed by atoms with Crippen LogP contribution >= 0.6 is 0 Å². The number of rotatable bonds is 5. The molecule has 0 unspecified atom stereocenters. The van der Waals surface area contributed by atoms with Crippen molar-refractivity contribution >= 4 is 16.7 Å². The van der Waals surface area contributed by atoms with Crippen LogP contribution in [0.25, 0.3) is 10.9 Å². The molecular formula is C21H20F4N4O. The van der Waals surface area contributed by atoms with Gasteiger partial charge in [-0.2, -0.15) is 13.2 Å². The third kappa shape index (κ3) is 4.52. The molecule has 0 radical (unpaired) electrons. The van der Waals surface area contributed by atoms with Crippen molar-refractivity contribution in [2.75, 3.05) is 38.2 Å². The van der Waals surface area contributed by atoms with E-state index in [1.165, 1.54) is 18.2 Å². The summed E-state index contributed by atoms with van der Waals surface area (Å²) >= 11 is 0. The van der Waals surface area contributed by atoms with E-state index in [4.69, 9.17) is 4.74 Å². The minimum absolute atomic E-state index is 0.119. The van der Waals surface area contributed by atoms with Gasteiger partial charge in [0.2, 0.25) is 5.82 Å². The topological polar surface area (TPSA) is 50.3 Å². The molecule has 1 aromatic heterocycles. The van der Waals surface area contributed by atoms with Crippen molar-refractivity contribution in [2.45, 2.75) is 12.2 Å². The van der Waals surface area contributed by atoms with Crippen molar-refractivity contribution < 1.29 is 22.3 Å². The van der Waals surface area contributed by atoms with Crippen LogP contribution in [-0.4, -0.2) is 47.7 Å². The van der Waals surface area contributed by atoms with Gasteiger partial charge in [-0.05, 0) is 29.8 Å². The molecule has 0 bridgehead atoms. The number of aromatic nitrogens is 2. The van der Waals surface area contributed by atoms with E-state index in [0.717, 1.165) is 5.56 Å². The summed E-state index contributed by atoms with van der Waals surface area (Å²) in [6.07, 6.45) is -4.65. The number of hydrogen-bond donors (Lipinski definition) is 1. The summed E-state index contributed by atoms with van der Waals surface area (Å²) in [4.78, 5) is 9.56. The van der Waals surface area contributed by atoms with Crippen LogP contribution in [-0.2, 0) is 10.9 Å². The van der Waals surface area contributed by atoms with Crippen LogP contribution in [0.5, 0.6) is 0 Å². The highest BCUT2D eigenvalue weighted by atomic mass is 19.4. The lowest BCUT2D eigenvalue weighted by molar-refractivity contribution is -0.144. The number of para-hydroxylation sites is 1. The third-order valence-electron chi connectivity index (χ3n) is 5.06. The quantitative estimate of drug-likeness (QED) is 0.625. The molecule has 0 aliphatic carbocycles. The van der Waals surface area contributed by atoms with E-state index in [0.29, 0.717) is 38.2 Å². The fourth-order valence-electron chi connectivity index (χ4n) is 3.56. The summed E-state index contributed by atoms with van der Waals surface area (Å²) in [6, 6.07) is 12.5. The maximum atomic E-state index is 13.4. The van der Waals surface area contributed by atoms with Crippen LogP contribution in [0, 0.1) is 5.82 Å². The molecular weight excluding hydrogens is 400 g/mol. The molecule has 0 spiro atoms. The Morgan fingerprint density at radius 1 is 1.00 bits per heavy atom. The average molecular weight is 420 g/mol. The monoisotopic (exact) mass is 420 g/mol. The van der Waals surface area contributed by atoms with Crippen LogP contribution < -0.4 is 5.32 Å². The first-order valence-corrected chi connectivity index (χ1v) is 9.57. The number of ether oxygens (including phenoxy) is 1. The zero-order valence-electron chi connectivity index (χ0n) is 16.0. The number of anilines is 1. The first-order valence-electron chi connectivity index (χ1n) is 9.57. The molecule has 1 saturated heterocycles. The molecule has 5 nitrogen and oxygen atoms in total. The lowest BCUT2D eigenvalue weighted by atomic mass is 10.0. The number of hydrogen-bond acceptors (Lipinski definition) is 5. The lowest BCUT2D eigenvalue weighted by Gasteiger charge is -2.35. The minimum Gasteiger partial charge on any atom is -0.379 e. The zero-order chi connectivity index (χ0) is 21.1. The van der Waals surface area contributed by atoms with E-state index in [1.807, 2.05) is 0 Å². The molecule has 30 heavy (non-hydrogen) atoms. The summed E-state index contributed by atoms with van der Waals surface area (Å²) in [5, 5.41) is 3.59. The molecule has 1 atom stereocenters. The maximum absolute atomic E-state index is 13.4. The standard InChI is InChI=1S/C21H20F4N4O/c22-15-7-5-14(6-8-15)18(29-9-11-30-12-10-29)13-26-19-16-3-1-2-4-17(16)27-20(28-19)21(23,24)25/h1-8,18H,9-13H2,(H,26,27,28)/t18-/m1/s1. The second-order valence-corrected chi connectivity index (χ2v) is 7.01. The Morgan fingerprint density at radius 3 is 2.40 bits per heavy atom. The number of benzene rings is 2. The molecule has 0 saturated carbocycles. The highest BCUT2D eigenvalue weighted by Crippen LogP contribution is 2.31. The largest absolute Gasteiger partial charge is 0.451 e. The van der Waals surface area contributed by atoms with Crippen LogP contribution in [0.15, 0.2) is 48.5 Å². The number of nitrogens with one attached hydrogen (secondary N) is 1. The van der Waals surface area contributed by atoms with Crippen molar-refractivity contribution in [3.8, 4) is 0 Å². The number of nitrogens with zero attached hydrogens (tertiary/aromatic N) is 3. The van der Waals surface area contributed by atoms with E-state index in [2.05, 4.69) is 20.2 Å². The van der Waals surface area contributed by atoms with Crippen molar-refractivity contribution in [3.05, 3.63) is 65.7 Å². The Labute approximate surface area is 170 Å². The molecule has 1 N–H and O–H groups in total. The molecule has 0 amide bonds. The van der Waals surface area contributed by atoms with Gasteiger partial charge < -0.3 is 10.1 Å². The predicted molar refractivity (Wildman–Crippen MR) is 105 cm³/mol. The molecule has 9 heteroatoms. The van der Waals surface area contributed by atoms with Crippen LogP contribution in [0.4, 0.5) is 23.4 Å². The summed E-state index contributed by atoms with van der Waals surface area (Å²) in [5.74, 6) is -1.41. The van der Waals surface area contributed by atoms with Gasteiger partial charge in [0.25, 0.3) is 0 Å². The Morgan fingerprint density at radius 2 is 1.70 bits per heavy atom. The number of fused-ring (bicyclic) bond motifs is 1. The number of halogens is 4. The van der Waals surface area contributed by atoms with Gasteiger partial charge in [0, 0.05) is 25.0 Å². The van der Waals surface area contributed by atoms with Crippen molar-refractivity contribution in [2.24, 2.45) is 0 Å². The summed E-state index contributed by atoms with van der Waals surface area (Å²) in [5.41, 5.74) is 1.08. The first-order chi connectivity index (χ1) is 14.4. The van der Waals surface area contributed by atoms with E-state index >= 15 is 0 Å². The normalized spacial score (nSPS) is 16.5. The summed E-state index contributed by atoms with van der Waals surface area (Å²) in [6.45, 7) is 2.76. The lowest BCUT2D eigenvalue weighted by Crippen LogP contribution is -2.41. The van der Waals surface area contributed by atoms with E-state index in [-0.39, 0.29) is 23.2 Å². The van der Waals surface area contributed by atoms with Gasteiger partial charge in [0.05, 0.1) is 24.8 Å². The zero-order valence-corrected chi connectivity index (χ0v) is 16.0. The summed E-state index contributed by atoms with van der Waals surface area (Å²) in [7, 11) is 0. The van der Waals surface area contributed by atoms with Crippen LogP contribution in [0.3, 0.4) is 0 Å². The molecule has 2 aromatic carbocycles. The highest BCUT2D eigenvalue weighted by Gasteiger charge is 2.35. The first kappa shape index (κ1) is 20.5. The fourth-order valence-corrected chi connectivity index (χ4v) is 3.56. The molecule has 1 fully saturated rings. The Hall–Kier alpha value is -2.78. The van der Waals surface area contributed by atoms with Crippen LogP contribution in [0.1, 0.15) is 17.4 Å². The smallest absolute Gasteiger partial charge is 0.379 e. The average Bonchev–Trinajstić information content (AvgIpc) is 2.75. The van der Waals surface area contributed by atoms with Gasteiger partial charge in [-0.15, -0.1) is 0 Å². The van der Waals surface area contributed by atoms with Crippen LogP contribution in [0.2, 0.25) is 0 Å². The molecule has 158 valence electrons. The minimum atomic E-state index is -4.65. The second kappa shape index (κ2) is 8.53. The fraction of sp³-hybridized carbons (Fsp3) is 0.333. The van der Waals surface area contributed by atoms with Gasteiger partial charge in [-0.25, -0.2) is 14.4 Å². The molecule has 3 aromatic rings. The molecule has 2 heterocycles. The summed E-state index contributed by atoms with van der Waals surface area (Å²) < 4.78 is 58.6. The Bertz CT molecular complexity index is 1000. The van der Waals surface area contributed by atoms with E-state index < -0.39 is 12.0 Å². The maximum Gasteiger partial charge on any atom is 0.451 e. The van der Waals surface area contributed by atoms with E-state index in [1.54, 1.807) is 30.3 Å². The van der Waals surface area contributed by atoms with Gasteiger partial charge >= 0.3 is 6.18 Å². The highest BCUT2D eigenvalue weighted by molar-refractivity contribution is 5.89. The van der Waals surface area contributed by atoms with E-state index in [9.17, 15) is 17.6 Å². The van der Waals surface area contributed by atoms with Crippen molar-refractivity contribution in [1.29, 1.82) is 0 Å². The Balaban J connectivity index is 1.66. The van der Waals surface area contributed by atoms with Gasteiger partial charge in [-0.1, -0.05) is 24.3 Å². The van der Waals surface area contributed by atoms with Gasteiger partial charge in [0.1, 0.15) is 11.6 Å². The van der Waals surface area contributed by atoms with Crippen molar-refractivity contribution in [1.82, 2.24) is 14.9 Å². The number of alkyl halides is 3. The predicted octanol–water partition coefficient (Wildman–Crippen LogP) is 4.27. The second-order valence-electron chi connectivity index (χ2n) is 7.01. The molecule has 1 aliphatic rings. The Kier molecular flexibility index (Phi) is 5.83. The SMILES string of the molecule is Fc1ccc([C@@H](CNc2nc(C(F)(F)F)nc3ccccc23)N2CCOCC2)cc1. The number of morpholine rings is 1. The molecule has 4 rings (SSSR count). The third-order valence-corrected chi connectivity index (χ3v) is 5.06. The molecule has 1 aliphatic heterocycles. The van der Waals surface area contributed by atoms with Crippen molar-refractivity contribution in [3.63, 3.8) is 0 Å².